The van der Waals surface area contributed by atoms with E-state index in [0.717, 1.165) is 12.3 Å². The normalized spacial score (nSPS) is 10.9. The second-order valence-electron chi connectivity index (χ2n) is 2.43. The average Bonchev–Trinajstić information content (AvgIpc) is 2.16. The van der Waals surface area contributed by atoms with Crippen LogP contribution in [0.4, 0.5) is 17.6 Å². The molecule has 0 radical (unpaired) electrons. The van der Waals surface area contributed by atoms with E-state index in [4.69, 9.17) is 5.26 Å². The molecule has 0 bridgehead atoms. The smallest absolute Gasteiger partial charge is 0.402 e. The molecule has 80 valence electrons. The number of pyridine rings is 1. The van der Waals surface area contributed by atoms with E-state index in [0.29, 0.717) is 0 Å². The average molecular weight is 220 g/mol. The molecule has 1 heterocycles. The van der Waals surface area contributed by atoms with Crippen LogP contribution in [0, 0.1) is 11.3 Å². The fraction of sp³-hybridized carbons (Fsp3) is 0.250. The quantitative estimate of drug-likeness (QED) is 0.718. The minimum Gasteiger partial charge on any atom is -0.402 e. The molecule has 0 atom stereocenters. The van der Waals surface area contributed by atoms with E-state index >= 15 is 0 Å². The van der Waals surface area contributed by atoms with Gasteiger partial charge in [0.05, 0.1) is 5.56 Å². The van der Waals surface area contributed by atoms with E-state index in [-0.39, 0.29) is 0 Å². The maximum Gasteiger partial charge on any atom is 0.573 e. The van der Waals surface area contributed by atoms with Crippen LogP contribution in [0.2, 0.25) is 0 Å². The molecule has 1 aromatic heterocycles. The molecule has 7 heteroatoms. The van der Waals surface area contributed by atoms with Gasteiger partial charge in [-0.1, -0.05) is 0 Å². The lowest BCUT2D eigenvalue weighted by atomic mass is 10.2. The van der Waals surface area contributed by atoms with Gasteiger partial charge in [0.15, 0.2) is 5.75 Å². The van der Waals surface area contributed by atoms with E-state index in [1.807, 2.05) is 0 Å². The number of nitrogens with zero attached hydrogens (tertiary/aromatic N) is 2. The van der Waals surface area contributed by atoms with E-state index in [1.165, 1.54) is 6.07 Å². The molecule has 0 saturated carbocycles. The molecule has 1 aromatic rings. The zero-order chi connectivity index (χ0) is 11.5. The number of alkyl halides is 4. The SMILES string of the molecule is N#Cc1ccnc(CF)c1OC(F)(F)F. The molecule has 0 spiro atoms. The van der Waals surface area contributed by atoms with Crippen LogP contribution in [0.5, 0.6) is 5.75 Å². The first-order valence-corrected chi connectivity index (χ1v) is 3.67. The highest BCUT2D eigenvalue weighted by Crippen LogP contribution is 2.28. The number of halogens is 4. The molecule has 0 saturated heterocycles. The molecular formula is C8H4F4N2O. The Morgan fingerprint density at radius 2 is 2.13 bits per heavy atom. The summed E-state index contributed by atoms with van der Waals surface area (Å²) in [6, 6.07) is 2.48. The molecule has 0 aromatic carbocycles. The van der Waals surface area contributed by atoms with Crippen molar-refractivity contribution in [3.05, 3.63) is 23.5 Å². The largest absolute Gasteiger partial charge is 0.573 e. The maximum absolute atomic E-state index is 12.3. The van der Waals surface area contributed by atoms with Crippen molar-refractivity contribution in [2.24, 2.45) is 0 Å². The third-order valence-corrected chi connectivity index (χ3v) is 1.44. The molecule has 0 aliphatic carbocycles. The van der Waals surface area contributed by atoms with Crippen molar-refractivity contribution >= 4 is 0 Å². The summed E-state index contributed by atoms with van der Waals surface area (Å²) in [5.74, 6) is -0.880. The van der Waals surface area contributed by atoms with Gasteiger partial charge in [-0.2, -0.15) is 5.26 Å². The molecule has 0 aliphatic rings. The Morgan fingerprint density at radius 3 is 2.60 bits per heavy atom. The molecule has 15 heavy (non-hydrogen) atoms. The van der Waals surface area contributed by atoms with Gasteiger partial charge in [0.25, 0.3) is 0 Å². The summed E-state index contributed by atoms with van der Waals surface area (Å²) >= 11 is 0. The topological polar surface area (TPSA) is 45.9 Å². The summed E-state index contributed by atoms with van der Waals surface area (Å²) in [6.07, 6.45) is -3.94. The number of rotatable bonds is 2. The third kappa shape index (κ3) is 2.80. The van der Waals surface area contributed by atoms with Crippen molar-refractivity contribution in [1.29, 1.82) is 5.26 Å². The van der Waals surface area contributed by atoms with Crippen molar-refractivity contribution < 1.29 is 22.3 Å². The summed E-state index contributed by atoms with van der Waals surface area (Å²) in [5.41, 5.74) is -0.957. The van der Waals surface area contributed by atoms with E-state index < -0.39 is 30.0 Å². The van der Waals surface area contributed by atoms with Gasteiger partial charge in [0, 0.05) is 6.20 Å². The summed E-state index contributed by atoms with van der Waals surface area (Å²) < 4.78 is 51.5. The standard InChI is InChI=1S/C8H4F4N2O/c9-3-6-7(15-8(10,11)12)5(4-13)1-2-14-6/h1-2H,3H2. The van der Waals surface area contributed by atoms with Gasteiger partial charge >= 0.3 is 6.36 Å². The summed E-state index contributed by atoms with van der Waals surface area (Å²) in [6.45, 7) is -1.24. The van der Waals surface area contributed by atoms with Crippen LogP contribution >= 0.6 is 0 Å². The van der Waals surface area contributed by atoms with Gasteiger partial charge in [0.1, 0.15) is 18.4 Å². The molecule has 0 fully saturated rings. The minimum atomic E-state index is -4.97. The molecule has 0 aliphatic heterocycles. The number of nitriles is 1. The Labute approximate surface area is 81.9 Å². The Hall–Kier alpha value is -1.84. The zero-order valence-electron chi connectivity index (χ0n) is 7.18. The molecular weight excluding hydrogens is 216 g/mol. The maximum atomic E-state index is 12.3. The van der Waals surface area contributed by atoms with Crippen molar-refractivity contribution in [3.8, 4) is 11.8 Å². The van der Waals surface area contributed by atoms with Crippen LogP contribution in [0.3, 0.4) is 0 Å². The number of hydrogen-bond acceptors (Lipinski definition) is 3. The predicted octanol–water partition coefficient (Wildman–Crippen LogP) is 2.32. The number of ether oxygens (including phenoxy) is 1. The van der Waals surface area contributed by atoms with Crippen LogP contribution in [0.15, 0.2) is 12.3 Å². The first-order valence-electron chi connectivity index (χ1n) is 3.67. The fourth-order valence-electron chi connectivity index (χ4n) is 0.904. The van der Waals surface area contributed by atoms with Crippen LogP contribution in [0.25, 0.3) is 0 Å². The van der Waals surface area contributed by atoms with Gasteiger partial charge in [-0.05, 0) is 6.07 Å². The van der Waals surface area contributed by atoms with E-state index in [1.54, 1.807) is 0 Å². The monoisotopic (exact) mass is 220 g/mol. The third-order valence-electron chi connectivity index (χ3n) is 1.44. The molecule has 1 rings (SSSR count). The van der Waals surface area contributed by atoms with Crippen molar-refractivity contribution in [3.63, 3.8) is 0 Å². The Balaban J connectivity index is 3.18. The second kappa shape index (κ2) is 4.13. The molecule has 0 N–H and O–H groups in total. The Bertz CT molecular complexity index is 397. The second-order valence-corrected chi connectivity index (χ2v) is 2.43. The van der Waals surface area contributed by atoms with E-state index in [9.17, 15) is 17.6 Å². The molecule has 0 amide bonds. The van der Waals surface area contributed by atoms with Crippen LogP contribution in [-0.4, -0.2) is 11.3 Å². The van der Waals surface area contributed by atoms with Crippen molar-refractivity contribution in [2.45, 2.75) is 13.0 Å². The lowest BCUT2D eigenvalue weighted by Gasteiger charge is -2.11. The lowest BCUT2D eigenvalue weighted by Crippen LogP contribution is -2.19. The van der Waals surface area contributed by atoms with Crippen molar-refractivity contribution in [1.82, 2.24) is 4.98 Å². The summed E-state index contributed by atoms with van der Waals surface area (Å²) in [5, 5.41) is 8.49. The number of hydrogen-bond donors (Lipinski definition) is 0. The zero-order valence-corrected chi connectivity index (χ0v) is 7.18. The highest BCUT2D eigenvalue weighted by atomic mass is 19.4. The summed E-state index contributed by atoms with van der Waals surface area (Å²) in [4.78, 5) is 3.34. The van der Waals surface area contributed by atoms with Gasteiger partial charge in [-0.15, -0.1) is 13.2 Å². The van der Waals surface area contributed by atoms with Crippen LogP contribution in [-0.2, 0) is 6.67 Å². The first kappa shape index (κ1) is 11.2. The number of aromatic nitrogens is 1. The molecule has 3 nitrogen and oxygen atoms in total. The first-order chi connectivity index (χ1) is 6.98. The predicted molar refractivity (Wildman–Crippen MR) is 40.4 cm³/mol. The van der Waals surface area contributed by atoms with Crippen LogP contribution in [0.1, 0.15) is 11.3 Å². The lowest BCUT2D eigenvalue weighted by molar-refractivity contribution is -0.275. The highest BCUT2D eigenvalue weighted by molar-refractivity contribution is 5.45. The van der Waals surface area contributed by atoms with Gasteiger partial charge in [-0.3, -0.25) is 4.98 Å². The highest BCUT2D eigenvalue weighted by Gasteiger charge is 2.33. The molecule has 0 unspecified atom stereocenters. The van der Waals surface area contributed by atoms with Gasteiger partial charge < -0.3 is 4.74 Å². The fourth-order valence-corrected chi connectivity index (χ4v) is 0.904. The van der Waals surface area contributed by atoms with E-state index in [2.05, 4.69) is 9.72 Å². The van der Waals surface area contributed by atoms with Gasteiger partial charge in [-0.25, -0.2) is 4.39 Å². The Morgan fingerprint density at radius 1 is 1.47 bits per heavy atom. The summed E-state index contributed by atoms with van der Waals surface area (Å²) in [7, 11) is 0. The minimum absolute atomic E-state index is 0.407. The van der Waals surface area contributed by atoms with Crippen molar-refractivity contribution in [2.75, 3.05) is 0 Å². The van der Waals surface area contributed by atoms with Crippen LogP contribution < -0.4 is 4.74 Å². The Kier molecular flexibility index (Phi) is 3.09. The van der Waals surface area contributed by atoms with Gasteiger partial charge in [0.2, 0.25) is 0 Å².